The molecule has 0 heterocycles. The number of nitrogens with one attached hydrogen (secondary N) is 1. The summed E-state index contributed by atoms with van der Waals surface area (Å²) in [6, 6.07) is 19.6. The van der Waals surface area contributed by atoms with Crippen LogP contribution in [0.5, 0.6) is 5.75 Å². The Morgan fingerprint density at radius 3 is 2.54 bits per heavy atom. The van der Waals surface area contributed by atoms with E-state index >= 15 is 0 Å². The van der Waals surface area contributed by atoms with Gasteiger partial charge in [0.2, 0.25) is 0 Å². The highest BCUT2D eigenvalue weighted by atomic mass is 79.9. The molecule has 0 saturated heterocycles. The maximum absolute atomic E-state index is 6.24. The van der Waals surface area contributed by atoms with E-state index in [1.165, 1.54) is 11.1 Å². The lowest BCUT2D eigenvalue weighted by atomic mass is 10.1. The van der Waals surface area contributed by atoms with Gasteiger partial charge >= 0.3 is 0 Å². The first-order valence-corrected chi connectivity index (χ1v) is 9.72. The van der Waals surface area contributed by atoms with Crippen LogP contribution in [0.2, 0.25) is 10.0 Å². The second-order valence-corrected chi connectivity index (χ2v) is 7.70. The van der Waals surface area contributed by atoms with Crippen molar-refractivity contribution in [2.45, 2.75) is 20.1 Å². The van der Waals surface area contributed by atoms with Gasteiger partial charge in [-0.25, -0.2) is 0 Å². The van der Waals surface area contributed by atoms with Gasteiger partial charge in [0, 0.05) is 21.6 Å². The van der Waals surface area contributed by atoms with Crippen LogP contribution in [0, 0.1) is 6.92 Å². The van der Waals surface area contributed by atoms with Gasteiger partial charge < -0.3 is 10.1 Å². The van der Waals surface area contributed by atoms with Gasteiger partial charge in [-0.3, -0.25) is 0 Å². The summed E-state index contributed by atoms with van der Waals surface area (Å²) in [6.45, 7) is 3.21. The van der Waals surface area contributed by atoms with Gasteiger partial charge in [0.05, 0.1) is 10.7 Å². The standard InChI is InChI=1S/C21H18BrCl2NO/c1-14-4-2-3-5-15(14)13-26-21-9-6-17(22)10-16(21)12-25-20-8-7-18(23)11-19(20)24/h2-11,25H,12-13H2,1H3. The smallest absolute Gasteiger partial charge is 0.124 e. The molecule has 0 aliphatic rings. The minimum absolute atomic E-state index is 0.531. The minimum atomic E-state index is 0.531. The molecule has 0 aromatic heterocycles. The highest BCUT2D eigenvalue weighted by Gasteiger charge is 2.08. The van der Waals surface area contributed by atoms with Crippen LogP contribution in [-0.2, 0) is 13.2 Å². The maximum Gasteiger partial charge on any atom is 0.124 e. The SMILES string of the molecule is Cc1ccccc1COc1ccc(Br)cc1CNc1ccc(Cl)cc1Cl. The molecule has 5 heteroatoms. The maximum atomic E-state index is 6.24. The topological polar surface area (TPSA) is 21.3 Å². The largest absolute Gasteiger partial charge is 0.489 e. The molecular weight excluding hydrogens is 433 g/mol. The van der Waals surface area contributed by atoms with Crippen LogP contribution >= 0.6 is 39.1 Å². The van der Waals surface area contributed by atoms with E-state index in [0.717, 1.165) is 21.5 Å². The van der Waals surface area contributed by atoms with Crippen LogP contribution in [0.4, 0.5) is 5.69 Å². The lowest BCUT2D eigenvalue weighted by Gasteiger charge is -2.15. The van der Waals surface area contributed by atoms with Gasteiger partial charge in [0.25, 0.3) is 0 Å². The Hall–Kier alpha value is -1.68. The van der Waals surface area contributed by atoms with E-state index in [-0.39, 0.29) is 0 Å². The second kappa shape index (κ2) is 8.81. The van der Waals surface area contributed by atoms with E-state index in [1.807, 2.05) is 42.5 Å². The third kappa shape index (κ3) is 4.94. The van der Waals surface area contributed by atoms with Crippen LogP contribution in [0.25, 0.3) is 0 Å². The summed E-state index contributed by atoms with van der Waals surface area (Å²) in [6.07, 6.45) is 0. The summed E-state index contributed by atoms with van der Waals surface area (Å²) in [4.78, 5) is 0. The number of halogens is 3. The van der Waals surface area contributed by atoms with Crippen molar-refractivity contribution in [2.24, 2.45) is 0 Å². The fourth-order valence-corrected chi connectivity index (χ4v) is 3.46. The number of anilines is 1. The van der Waals surface area contributed by atoms with E-state index in [9.17, 15) is 0 Å². The Kier molecular flexibility index (Phi) is 6.47. The molecule has 2 nitrogen and oxygen atoms in total. The van der Waals surface area contributed by atoms with Gasteiger partial charge in [-0.2, -0.15) is 0 Å². The zero-order valence-corrected chi connectivity index (χ0v) is 17.3. The molecule has 3 aromatic rings. The number of hydrogen-bond donors (Lipinski definition) is 1. The lowest BCUT2D eigenvalue weighted by molar-refractivity contribution is 0.302. The Balaban J connectivity index is 1.74. The monoisotopic (exact) mass is 449 g/mol. The summed E-state index contributed by atoms with van der Waals surface area (Å²) in [5.41, 5.74) is 4.27. The first-order valence-electron chi connectivity index (χ1n) is 8.17. The molecule has 3 rings (SSSR count). The predicted molar refractivity (Wildman–Crippen MR) is 113 cm³/mol. The van der Waals surface area contributed by atoms with Crippen LogP contribution in [0.1, 0.15) is 16.7 Å². The minimum Gasteiger partial charge on any atom is -0.489 e. The Bertz CT molecular complexity index is 914. The molecule has 0 spiro atoms. The average Bonchev–Trinajstić information content (AvgIpc) is 2.61. The summed E-state index contributed by atoms with van der Waals surface area (Å²) in [5.74, 6) is 0.842. The van der Waals surface area contributed by atoms with Crippen molar-refractivity contribution in [2.75, 3.05) is 5.32 Å². The van der Waals surface area contributed by atoms with E-state index in [4.69, 9.17) is 27.9 Å². The fraction of sp³-hybridized carbons (Fsp3) is 0.143. The van der Waals surface area contributed by atoms with Gasteiger partial charge in [0.1, 0.15) is 12.4 Å². The van der Waals surface area contributed by atoms with Crippen molar-refractivity contribution in [1.29, 1.82) is 0 Å². The molecule has 0 bridgehead atoms. The summed E-state index contributed by atoms with van der Waals surface area (Å²) in [7, 11) is 0. The molecular formula is C21H18BrCl2NO. The van der Waals surface area contributed by atoms with Gasteiger partial charge in [-0.05, 0) is 54.4 Å². The fourth-order valence-electron chi connectivity index (χ4n) is 2.58. The number of aryl methyl sites for hydroxylation is 1. The molecule has 0 fully saturated rings. The summed E-state index contributed by atoms with van der Waals surface area (Å²) >= 11 is 15.7. The summed E-state index contributed by atoms with van der Waals surface area (Å²) in [5, 5.41) is 4.55. The third-order valence-corrected chi connectivity index (χ3v) is 5.11. The highest BCUT2D eigenvalue weighted by Crippen LogP contribution is 2.29. The van der Waals surface area contributed by atoms with E-state index in [1.54, 1.807) is 6.07 Å². The Labute approximate surface area is 172 Å². The van der Waals surface area contributed by atoms with E-state index < -0.39 is 0 Å². The zero-order valence-electron chi connectivity index (χ0n) is 14.2. The quantitative estimate of drug-likeness (QED) is 0.426. The number of ether oxygens (including phenoxy) is 1. The average molecular weight is 451 g/mol. The molecule has 0 aliphatic heterocycles. The second-order valence-electron chi connectivity index (χ2n) is 5.94. The molecule has 0 unspecified atom stereocenters. The Morgan fingerprint density at radius 1 is 0.962 bits per heavy atom. The lowest BCUT2D eigenvalue weighted by Crippen LogP contribution is -2.05. The molecule has 0 amide bonds. The zero-order chi connectivity index (χ0) is 18.5. The van der Waals surface area contributed by atoms with Crippen LogP contribution in [-0.4, -0.2) is 0 Å². The van der Waals surface area contributed by atoms with Gasteiger partial charge in [0.15, 0.2) is 0 Å². The van der Waals surface area contributed by atoms with Crippen molar-refractivity contribution in [1.82, 2.24) is 0 Å². The van der Waals surface area contributed by atoms with Crippen LogP contribution in [0.3, 0.4) is 0 Å². The van der Waals surface area contributed by atoms with E-state index in [0.29, 0.717) is 23.2 Å². The normalized spacial score (nSPS) is 10.6. The molecule has 134 valence electrons. The van der Waals surface area contributed by atoms with Crippen molar-refractivity contribution in [3.63, 3.8) is 0 Å². The molecule has 0 radical (unpaired) electrons. The predicted octanol–water partition coefficient (Wildman–Crippen LogP) is 7.26. The molecule has 1 N–H and O–H groups in total. The number of rotatable bonds is 6. The molecule has 0 saturated carbocycles. The van der Waals surface area contributed by atoms with Crippen molar-refractivity contribution in [3.05, 3.63) is 91.9 Å². The van der Waals surface area contributed by atoms with Crippen molar-refractivity contribution in [3.8, 4) is 5.75 Å². The van der Waals surface area contributed by atoms with Crippen molar-refractivity contribution >= 4 is 44.8 Å². The van der Waals surface area contributed by atoms with Crippen molar-refractivity contribution < 1.29 is 4.74 Å². The van der Waals surface area contributed by atoms with Gasteiger partial charge in [-0.15, -0.1) is 0 Å². The first kappa shape index (κ1) is 19.1. The third-order valence-electron chi connectivity index (χ3n) is 4.07. The van der Waals surface area contributed by atoms with Crippen LogP contribution in [0.15, 0.2) is 65.1 Å². The number of hydrogen-bond acceptors (Lipinski definition) is 2. The van der Waals surface area contributed by atoms with E-state index in [2.05, 4.69) is 40.3 Å². The Morgan fingerprint density at radius 2 is 1.77 bits per heavy atom. The highest BCUT2D eigenvalue weighted by molar-refractivity contribution is 9.10. The van der Waals surface area contributed by atoms with Crippen LogP contribution < -0.4 is 10.1 Å². The summed E-state index contributed by atoms with van der Waals surface area (Å²) < 4.78 is 7.08. The first-order chi connectivity index (χ1) is 12.5. The molecule has 3 aromatic carbocycles. The molecule has 0 atom stereocenters. The molecule has 0 aliphatic carbocycles. The number of benzene rings is 3. The van der Waals surface area contributed by atoms with Gasteiger partial charge in [-0.1, -0.05) is 63.4 Å². The molecule has 26 heavy (non-hydrogen) atoms.